The zero-order chi connectivity index (χ0) is 9.84. The van der Waals surface area contributed by atoms with Crippen molar-refractivity contribution in [1.29, 1.82) is 0 Å². The smallest absolute Gasteiger partial charge is 0.248 e. The predicted octanol–water partition coefficient (Wildman–Crippen LogP) is 2.03. The molecule has 0 saturated heterocycles. The Morgan fingerprint density at radius 1 is 1.54 bits per heavy atom. The van der Waals surface area contributed by atoms with Crippen molar-refractivity contribution in [3.63, 3.8) is 0 Å². The molecule has 0 N–H and O–H groups in total. The number of carbonyl (C=O) groups is 1. The summed E-state index contributed by atoms with van der Waals surface area (Å²) in [5.74, 6) is 0.658. The van der Waals surface area contributed by atoms with Crippen molar-refractivity contribution in [2.75, 3.05) is 6.54 Å². The Bertz CT molecular complexity index is 221. The molecule has 0 atom stereocenters. The SMILES string of the molecule is CCCC1=NN(CC(C)C)C(=O)C1. The van der Waals surface area contributed by atoms with Crippen LogP contribution in [0.15, 0.2) is 5.10 Å². The first-order chi connectivity index (χ1) is 6.13. The first-order valence-electron chi connectivity index (χ1n) is 5.00. The van der Waals surface area contributed by atoms with Crippen molar-refractivity contribution in [1.82, 2.24) is 5.01 Å². The molecule has 74 valence electrons. The lowest BCUT2D eigenvalue weighted by Crippen LogP contribution is -2.24. The molecule has 3 heteroatoms. The van der Waals surface area contributed by atoms with E-state index in [-0.39, 0.29) is 5.91 Å². The van der Waals surface area contributed by atoms with Crippen molar-refractivity contribution in [3.05, 3.63) is 0 Å². The van der Waals surface area contributed by atoms with Crippen molar-refractivity contribution >= 4 is 11.6 Å². The minimum atomic E-state index is 0.164. The average Bonchev–Trinajstić information content (AvgIpc) is 2.31. The first kappa shape index (κ1) is 10.2. The lowest BCUT2D eigenvalue weighted by molar-refractivity contribution is -0.129. The third-order valence-corrected chi connectivity index (χ3v) is 1.98. The molecule has 1 aliphatic rings. The van der Waals surface area contributed by atoms with E-state index >= 15 is 0 Å². The van der Waals surface area contributed by atoms with Gasteiger partial charge in [0.05, 0.1) is 6.42 Å². The molecular formula is C10H18N2O. The van der Waals surface area contributed by atoms with Gasteiger partial charge in [-0.15, -0.1) is 0 Å². The lowest BCUT2D eigenvalue weighted by Gasteiger charge is -2.13. The number of amides is 1. The van der Waals surface area contributed by atoms with Gasteiger partial charge in [-0.25, -0.2) is 5.01 Å². The van der Waals surface area contributed by atoms with Crippen molar-refractivity contribution in [2.45, 2.75) is 40.0 Å². The Hall–Kier alpha value is -0.860. The van der Waals surface area contributed by atoms with E-state index in [1.807, 2.05) is 0 Å². The van der Waals surface area contributed by atoms with E-state index < -0.39 is 0 Å². The molecule has 0 unspecified atom stereocenters. The fourth-order valence-electron chi connectivity index (χ4n) is 1.44. The van der Waals surface area contributed by atoms with Gasteiger partial charge in [0.25, 0.3) is 0 Å². The molecule has 0 spiro atoms. The van der Waals surface area contributed by atoms with Gasteiger partial charge in [0, 0.05) is 12.3 Å². The molecule has 1 rings (SSSR count). The third kappa shape index (κ3) is 2.83. The van der Waals surface area contributed by atoms with Gasteiger partial charge in [-0.3, -0.25) is 4.79 Å². The van der Waals surface area contributed by atoms with E-state index in [9.17, 15) is 4.79 Å². The second kappa shape index (κ2) is 4.40. The standard InChI is InChI=1S/C10H18N2O/c1-4-5-9-6-10(13)12(11-9)7-8(2)3/h8H,4-7H2,1-3H3. The van der Waals surface area contributed by atoms with Gasteiger partial charge < -0.3 is 0 Å². The number of hydrogen-bond acceptors (Lipinski definition) is 2. The maximum atomic E-state index is 11.4. The van der Waals surface area contributed by atoms with Gasteiger partial charge in [0.2, 0.25) is 5.91 Å². The summed E-state index contributed by atoms with van der Waals surface area (Å²) in [5, 5.41) is 5.92. The zero-order valence-electron chi connectivity index (χ0n) is 8.71. The van der Waals surface area contributed by atoms with Gasteiger partial charge in [-0.2, -0.15) is 5.10 Å². The van der Waals surface area contributed by atoms with Crippen LogP contribution in [-0.4, -0.2) is 23.2 Å². The molecule has 1 heterocycles. The highest BCUT2D eigenvalue weighted by atomic mass is 16.2. The second-order valence-electron chi connectivity index (χ2n) is 3.96. The minimum Gasteiger partial charge on any atom is -0.273 e. The molecular weight excluding hydrogens is 164 g/mol. The van der Waals surface area contributed by atoms with Crippen molar-refractivity contribution in [2.24, 2.45) is 11.0 Å². The number of rotatable bonds is 4. The molecule has 1 amide bonds. The maximum absolute atomic E-state index is 11.4. The van der Waals surface area contributed by atoms with Gasteiger partial charge in [0.1, 0.15) is 0 Å². The van der Waals surface area contributed by atoms with Crippen LogP contribution in [-0.2, 0) is 4.79 Å². The monoisotopic (exact) mass is 182 g/mol. The van der Waals surface area contributed by atoms with Crippen LogP contribution in [0, 0.1) is 5.92 Å². The summed E-state index contributed by atoms with van der Waals surface area (Å²) in [7, 11) is 0. The van der Waals surface area contributed by atoms with Gasteiger partial charge in [-0.1, -0.05) is 27.2 Å². The van der Waals surface area contributed by atoms with Crippen molar-refractivity contribution < 1.29 is 4.79 Å². The van der Waals surface area contributed by atoms with E-state index in [0.29, 0.717) is 12.3 Å². The normalized spacial score (nSPS) is 17.1. The number of hydrazone groups is 1. The van der Waals surface area contributed by atoms with E-state index in [2.05, 4.69) is 25.9 Å². The first-order valence-corrected chi connectivity index (χ1v) is 5.00. The Morgan fingerprint density at radius 2 is 2.23 bits per heavy atom. The molecule has 0 bridgehead atoms. The van der Waals surface area contributed by atoms with Crippen LogP contribution in [0.1, 0.15) is 40.0 Å². The van der Waals surface area contributed by atoms with Crippen molar-refractivity contribution in [3.8, 4) is 0 Å². The van der Waals surface area contributed by atoms with Crippen LogP contribution in [0.2, 0.25) is 0 Å². The molecule has 0 aliphatic carbocycles. The average molecular weight is 182 g/mol. The van der Waals surface area contributed by atoms with Gasteiger partial charge >= 0.3 is 0 Å². The topological polar surface area (TPSA) is 32.7 Å². The molecule has 0 aromatic carbocycles. The van der Waals surface area contributed by atoms with Gasteiger partial charge in [0.15, 0.2) is 0 Å². The number of hydrogen-bond donors (Lipinski definition) is 0. The minimum absolute atomic E-state index is 0.164. The van der Waals surface area contributed by atoms with Crippen LogP contribution < -0.4 is 0 Å². The Balaban J connectivity index is 2.51. The summed E-state index contributed by atoms with van der Waals surface area (Å²) in [4.78, 5) is 11.4. The Labute approximate surface area is 79.8 Å². The summed E-state index contributed by atoms with van der Waals surface area (Å²) < 4.78 is 0. The highest BCUT2D eigenvalue weighted by Gasteiger charge is 2.23. The summed E-state index contributed by atoms with van der Waals surface area (Å²) in [6.45, 7) is 7.06. The summed E-state index contributed by atoms with van der Waals surface area (Å²) in [6.07, 6.45) is 2.57. The fourth-order valence-corrected chi connectivity index (χ4v) is 1.44. The predicted molar refractivity (Wildman–Crippen MR) is 53.5 cm³/mol. The third-order valence-electron chi connectivity index (χ3n) is 1.98. The van der Waals surface area contributed by atoms with E-state index in [0.717, 1.165) is 25.1 Å². The zero-order valence-corrected chi connectivity index (χ0v) is 8.71. The van der Waals surface area contributed by atoms with Crippen LogP contribution in [0.4, 0.5) is 0 Å². The molecule has 0 aromatic heterocycles. The Kier molecular flexibility index (Phi) is 3.46. The molecule has 0 aromatic rings. The Morgan fingerprint density at radius 3 is 2.77 bits per heavy atom. The van der Waals surface area contributed by atoms with Crippen LogP contribution >= 0.6 is 0 Å². The highest BCUT2D eigenvalue weighted by Crippen LogP contribution is 2.13. The lowest BCUT2D eigenvalue weighted by atomic mass is 10.2. The summed E-state index contributed by atoms with van der Waals surface area (Å²) in [6, 6.07) is 0. The largest absolute Gasteiger partial charge is 0.273 e. The van der Waals surface area contributed by atoms with Crippen LogP contribution in [0.5, 0.6) is 0 Å². The summed E-state index contributed by atoms with van der Waals surface area (Å²) in [5.41, 5.74) is 1.05. The number of carbonyl (C=O) groups excluding carboxylic acids is 1. The maximum Gasteiger partial charge on any atom is 0.248 e. The molecule has 0 fully saturated rings. The molecule has 0 radical (unpaired) electrons. The molecule has 1 aliphatic heterocycles. The second-order valence-corrected chi connectivity index (χ2v) is 3.96. The molecule has 13 heavy (non-hydrogen) atoms. The van der Waals surface area contributed by atoms with E-state index in [1.54, 1.807) is 5.01 Å². The highest BCUT2D eigenvalue weighted by molar-refractivity contribution is 6.04. The summed E-state index contributed by atoms with van der Waals surface area (Å²) >= 11 is 0. The number of nitrogens with zero attached hydrogens (tertiary/aromatic N) is 2. The quantitative estimate of drug-likeness (QED) is 0.654. The molecule has 3 nitrogen and oxygen atoms in total. The fraction of sp³-hybridized carbons (Fsp3) is 0.800. The molecule has 0 saturated carbocycles. The van der Waals surface area contributed by atoms with Crippen LogP contribution in [0.3, 0.4) is 0 Å². The van der Waals surface area contributed by atoms with E-state index in [1.165, 1.54) is 0 Å². The van der Waals surface area contributed by atoms with E-state index in [4.69, 9.17) is 0 Å². The van der Waals surface area contributed by atoms with Gasteiger partial charge in [-0.05, 0) is 12.3 Å². The van der Waals surface area contributed by atoms with Crippen LogP contribution in [0.25, 0.3) is 0 Å².